The molecule has 1 N–H and O–H groups in total. The average molecular weight is 282 g/mol. The van der Waals surface area contributed by atoms with E-state index in [-0.39, 0.29) is 0 Å². The van der Waals surface area contributed by atoms with Crippen molar-refractivity contribution in [3.8, 4) is 0 Å². The molecule has 6 heteroatoms. The first-order valence-electron chi connectivity index (χ1n) is 5.84. The number of rotatable bonds is 5. The van der Waals surface area contributed by atoms with E-state index in [0.29, 0.717) is 6.04 Å². The molecule has 0 aliphatic carbocycles. The Hall–Kier alpha value is -0.980. The van der Waals surface area contributed by atoms with Gasteiger partial charge in [-0.25, -0.2) is 9.97 Å². The largest absolute Gasteiger partial charge is 0.345 e. The number of anilines is 1. The zero-order valence-corrected chi connectivity index (χ0v) is 12.7. The third-order valence-corrected chi connectivity index (χ3v) is 4.95. The van der Waals surface area contributed by atoms with Crippen molar-refractivity contribution in [3.05, 3.63) is 27.2 Å². The second kappa shape index (κ2) is 5.77. The highest BCUT2D eigenvalue weighted by Crippen LogP contribution is 2.30. The van der Waals surface area contributed by atoms with E-state index in [9.17, 15) is 0 Å². The van der Waals surface area contributed by atoms with Gasteiger partial charge in [-0.1, -0.05) is 0 Å². The Balaban J connectivity index is 2.13. The Morgan fingerprint density at radius 3 is 2.89 bits per heavy atom. The Labute approximate surface area is 116 Å². The molecule has 0 spiro atoms. The van der Waals surface area contributed by atoms with Crippen LogP contribution in [0.15, 0.2) is 10.9 Å². The van der Waals surface area contributed by atoms with E-state index < -0.39 is 0 Å². The molecule has 2 heterocycles. The van der Waals surface area contributed by atoms with Crippen molar-refractivity contribution in [1.82, 2.24) is 15.3 Å². The van der Waals surface area contributed by atoms with Crippen molar-refractivity contribution >= 4 is 27.8 Å². The van der Waals surface area contributed by atoms with Gasteiger partial charge in [0, 0.05) is 23.3 Å². The third kappa shape index (κ3) is 2.88. The summed E-state index contributed by atoms with van der Waals surface area (Å²) in [6.07, 6.45) is 0. The highest BCUT2D eigenvalue weighted by atomic mass is 32.1. The van der Waals surface area contributed by atoms with Crippen molar-refractivity contribution in [2.45, 2.75) is 26.4 Å². The predicted molar refractivity (Wildman–Crippen MR) is 78.5 cm³/mol. The lowest BCUT2D eigenvalue weighted by Gasteiger charge is -2.13. The first-order valence-corrected chi connectivity index (χ1v) is 7.60. The number of hydrogen-bond donors (Lipinski definition) is 1. The summed E-state index contributed by atoms with van der Waals surface area (Å²) in [4.78, 5) is 12.4. The van der Waals surface area contributed by atoms with E-state index >= 15 is 0 Å². The molecule has 4 nitrogen and oxygen atoms in total. The average Bonchev–Trinajstić information content (AvgIpc) is 2.97. The number of nitrogens with one attached hydrogen (secondary N) is 1. The SMILES string of the molecule is CNC(C)c1sc(N(C)Cc2cscn2)nc1C. The Bertz CT molecular complexity index is 492. The highest BCUT2D eigenvalue weighted by molar-refractivity contribution is 7.15. The molecule has 2 aromatic heterocycles. The van der Waals surface area contributed by atoms with Gasteiger partial charge < -0.3 is 10.2 Å². The van der Waals surface area contributed by atoms with Crippen LogP contribution in [0, 0.1) is 6.92 Å². The third-order valence-electron chi connectivity index (χ3n) is 2.86. The van der Waals surface area contributed by atoms with E-state index in [2.05, 4.69) is 46.5 Å². The molecule has 98 valence electrons. The molecule has 18 heavy (non-hydrogen) atoms. The van der Waals surface area contributed by atoms with Gasteiger partial charge in [-0.2, -0.15) is 0 Å². The molecule has 1 atom stereocenters. The van der Waals surface area contributed by atoms with Crippen LogP contribution in [0.1, 0.15) is 29.2 Å². The molecular formula is C12H18N4S2. The molecule has 0 aromatic carbocycles. The van der Waals surface area contributed by atoms with Gasteiger partial charge in [0.25, 0.3) is 0 Å². The maximum absolute atomic E-state index is 4.64. The summed E-state index contributed by atoms with van der Waals surface area (Å²) in [5, 5.41) is 6.39. The number of hydrogen-bond acceptors (Lipinski definition) is 6. The van der Waals surface area contributed by atoms with Crippen LogP contribution in [0.4, 0.5) is 5.13 Å². The molecule has 0 radical (unpaired) electrons. The second-order valence-electron chi connectivity index (χ2n) is 4.29. The number of nitrogens with zero attached hydrogens (tertiary/aromatic N) is 3. The normalized spacial score (nSPS) is 12.7. The fourth-order valence-corrected chi connectivity index (χ4v) is 3.35. The van der Waals surface area contributed by atoms with Crippen LogP contribution in [-0.2, 0) is 6.54 Å². The van der Waals surface area contributed by atoms with Crippen LogP contribution in [0.3, 0.4) is 0 Å². The molecule has 2 rings (SSSR count). The number of aromatic nitrogens is 2. The minimum Gasteiger partial charge on any atom is -0.345 e. The molecule has 1 unspecified atom stereocenters. The zero-order chi connectivity index (χ0) is 13.1. The summed E-state index contributed by atoms with van der Waals surface area (Å²) in [7, 11) is 4.04. The summed E-state index contributed by atoms with van der Waals surface area (Å²) in [6, 6.07) is 0.351. The van der Waals surface area contributed by atoms with E-state index in [1.165, 1.54) is 4.88 Å². The molecule has 0 saturated heterocycles. The van der Waals surface area contributed by atoms with Crippen LogP contribution in [0.5, 0.6) is 0 Å². The van der Waals surface area contributed by atoms with Crippen molar-refractivity contribution in [3.63, 3.8) is 0 Å². The fourth-order valence-electron chi connectivity index (χ4n) is 1.72. The van der Waals surface area contributed by atoms with E-state index in [0.717, 1.165) is 23.1 Å². The molecule has 0 aliphatic rings. The van der Waals surface area contributed by atoms with Crippen molar-refractivity contribution in [1.29, 1.82) is 0 Å². The van der Waals surface area contributed by atoms with Gasteiger partial charge in [-0.05, 0) is 20.9 Å². The van der Waals surface area contributed by atoms with E-state index in [1.54, 1.807) is 22.7 Å². The van der Waals surface area contributed by atoms with E-state index in [1.807, 2.05) is 12.6 Å². The molecule has 2 aromatic rings. The van der Waals surface area contributed by atoms with Gasteiger partial charge >= 0.3 is 0 Å². The fraction of sp³-hybridized carbons (Fsp3) is 0.500. The Kier molecular flexibility index (Phi) is 4.31. The zero-order valence-electron chi connectivity index (χ0n) is 11.1. The molecule has 0 aliphatic heterocycles. The second-order valence-corrected chi connectivity index (χ2v) is 6.02. The van der Waals surface area contributed by atoms with Gasteiger partial charge in [-0.15, -0.1) is 22.7 Å². The molecule has 0 bridgehead atoms. The van der Waals surface area contributed by atoms with Crippen LogP contribution < -0.4 is 10.2 Å². The maximum Gasteiger partial charge on any atom is 0.185 e. The molecule has 0 saturated carbocycles. The molecular weight excluding hydrogens is 264 g/mol. The lowest BCUT2D eigenvalue weighted by Crippen LogP contribution is -2.16. The first-order chi connectivity index (χ1) is 8.61. The monoisotopic (exact) mass is 282 g/mol. The summed E-state index contributed by atoms with van der Waals surface area (Å²) < 4.78 is 0. The van der Waals surface area contributed by atoms with Crippen molar-refractivity contribution < 1.29 is 0 Å². The smallest absolute Gasteiger partial charge is 0.185 e. The highest BCUT2D eigenvalue weighted by Gasteiger charge is 2.15. The van der Waals surface area contributed by atoms with Crippen molar-refractivity contribution in [2.24, 2.45) is 0 Å². The van der Waals surface area contributed by atoms with Gasteiger partial charge in [0.15, 0.2) is 5.13 Å². The minimum absolute atomic E-state index is 0.351. The number of aryl methyl sites for hydroxylation is 1. The topological polar surface area (TPSA) is 41.0 Å². The van der Waals surface area contributed by atoms with Crippen LogP contribution in [0.25, 0.3) is 0 Å². The minimum atomic E-state index is 0.351. The summed E-state index contributed by atoms with van der Waals surface area (Å²) >= 11 is 3.38. The van der Waals surface area contributed by atoms with Gasteiger partial charge in [0.05, 0.1) is 23.4 Å². The summed E-state index contributed by atoms with van der Waals surface area (Å²) in [5.41, 5.74) is 4.07. The van der Waals surface area contributed by atoms with Gasteiger partial charge in [-0.3, -0.25) is 0 Å². The summed E-state index contributed by atoms with van der Waals surface area (Å²) in [5.74, 6) is 0. The molecule has 0 fully saturated rings. The van der Waals surface area contributed by atoms with E-state index in [4.69, 9.17) is 0 Å². The van der Waals surface area contributed by atoms with Gasteiger partial charge in [0.1, 0.15) is 0 Å². The lowest BCUT2D eigenvalue weighted by molar-refractivity contribution is 0.658. The predicted octanol–water partition coefficient (Wildman–Crippen LogP) is 2.82. The quantitative estimate of drug-likeness (QED) is 0.915. The standard InChI is InChI=1S/C12H18N4S2/c1-8(13-3)11-9(2)15-12(18-11)16(4)5-10-6-17-7-14-10/h6-8,13H,5H2,1-4H3. The van der Waals surface area contributed by atoms with Gasteiger partial charge in [0.2, 0.25) is 0 Å². The van der Waals surface area contributed by atoms with Crippen LogP contribution >= 0.6 is 22.7 Å². The van der Waals surface area contributed by atoms with Crippen LogP contribution in [0.2, 0.25) is 0 Å². The Morgan fingerprint density at radius 1 is 1.50 bits per heavy atom. The van der Waals surface area contributed by atoms with Crippen LogP contribution in [-0.4, -0.2) is 24.1 Å². The first kappa shape index (κ1) is 13.5. The summed E-state index contributed by atoms with van der Waals surface area (Å²) in [6.45, 7) is 5.04. The Morgan fingerprint density at radius 2 is 2.28 bits per heavy atom. The number of thiazole rings is 2. The lowest BCUT2D eigenvalue weighted by atomic mass is 10.2. The molecule has 0 amide bonds. The van der Waals surface area contributed by atoms with Crippen molar-refractivity contribution in [2.75, 3.05) is 19.0 Å². The maximum atomic E-state index is 4.64.